The molecule has 0 unspecified atom stereocenters. The van der Waals surface area contributed by atoms with Crippen LogP contribution in [0.4, 0.5) is 5.69 Å². The van der Waals surface area contributed by atoms with Crippen molar-refractivity contribution in [2.24, 2.45) is 0 Å². The third-order valence-electron chi connectivity index (χ3n) is 2.10. The Hall–Kier alpha value is -1.28. The minimum absolute atomic E-state index is 0.901. The zero-order valence-corrected chi connectivity index (χ0v) is 8.97. The molecule has 14 heavy (non-hydrogen) atoms. The van der Waals surface area contributed by atoms with Crippen LogP contribution in [0, 0.1) is 6.92 Å². The molecule has 0 spiro atoms. The van der Waals surface area contributed by atoms with Crippen LogP contribution >= 0.6 is 11.3 Å². The Balaban J connectivity index is 1.98. The summed E-state index contributed by atoms with van der Waals surface area (Å²) >= 11 is 1.72. The van der Waals surface area contributed by atoms with Crippen LogP contribution in [0.5, 0.6) is 0 Å². The van der Waals surface area contributed by atoms with E-state index >= 15 is 0 Å². The monoisotopic (exact) mass is 203 g/mol. The van der Waals surface area contributed by atoms with Crippen molar-refractivity contribution in [3.63, 3.8) is 0 Å². The maximum Gasteiger partial charge on any atom is 0.0451 e. The molecule has 1 aromatic carbocycles. The van der Waals surface area contributed by atoms with Gasteiger partial charge in [0.1, 0.15) is 0 Å². The fourth-order valence-corrected chi connectivity index (χ4v) is 2.00. The molecule has 0 amide bonds. The van der Waals surface area contributed by atoms with E-state index in [-0.39, 0.29) is 0 Å². The molecule has 0 atom stereocenters. The van der Waals surface area contributed by atoms with E-state index in [1.165, 1.54) is 16.8 Å². The molecular weight excluding hydrogens is 190 g/mol. The van der Waals surface area contributed by atoms with Crippen molar-refractivity contribution in [1.82, 2.24) is 0 Å². The molecule has 0 aliphatic heterocycles. The molecule has 0 aliphatic rings. The number of aryl methyl sites for hydroxylation is 1. The van der Waals surface area contributed by atoms with E-state index in [2.05, 4.69) is 53.3 Å². The quantitative estimate of drug-likeness (QED) is 0.802. The first-order valence-corrected chi connectivity index (χ1v) is 5.60. The van der Waals surface area contributed by atoms with Crippen molar-refractivity contribution in [2.75, 3.05) is 5.32 Å². The molecule has 72 valence electrons. The summed E-state index contributed by atoms with van der Waals surface area (Å²) in [6.45, 7) is 3.02. The maximum atomic E-state index is 3.38. The van der Waals surface area contributed by atoms with Gasteiger partial charge in [-0.15, -0.1) is 0 Å². The first-order chi connectivity index (χ1) is 6.84. The van der Waals surface area contributed by atoms with Crippen LogP contribution < -0.4 is 5.32 Å². The molecule has 2 heteroatoms. The zero-order valence-electron chi connectivity index (χ0n) is 8.16. The van der Waals surface area contributed by atoms with Gasteiger partial charge >= 0.3 is 0 Å². The van der Waals surface area contributed by atoms with Gasteiger partial charge in [-0.1, -0.05) is 29.8 Å². The second-order valence-corrected chi connectivity index (χ2v) is 4.13. The number of benzene rings is 1. The molecule has 0 saturated heterocycles. The van der Waals surface area contributed by atoms with Gasteiger partial charge in [-0.3, -0.25) is 0 Å². The summed E-state index contributed by atoms with van der Waals surface area (Å²) in [7, 11) is 0. The smallest absolute Gasteiger partial charge is 0.0451 e. The number of hydrogen-bond donors (Lipinski definition) is 1. The SMILES string of the molecule is Cc1cccc(CNc2ccsc2)c1. The van der Waals surface area contributed by atoms with Crippen molar-refractivity contribution in [3.8, 4) is 0 Å². The molecule has 0 fully saturated rings. The predicted octanol–water partition coefficient (Wildman–Crippen LogP) is 3.67. The standard InChI is InChI=1S/C12H13NS/c1-10-3-2-4-11(7-10)8-13-12-5-6-14-9-12/h2-7,9,13H,8H2,1H3. The second-order valence-electron chi connectivity index (χ2n) is 3.35. The molecule has 1 N–H and O–H groups in total. The Labute approximate surface area is 88.4 Å². The highest BCUT2D eigenvalue weighted by atomic mass is 32.1. The summed E-state index contributed by atoms with van der Waals surface area (Å²) < 4.78 is 0. The Kier molecular flexibility index (Phi) is 2.84. The van der Waals surface area contributed by atoms with Gasteiger partial charge in [0.25, 0.3) is 0 Å². The fraction of sp³-hybridized carbons (Fsp3) is 0.167. The average Bonchev–Trinajstić information content (AvgIpc) is 2.67. The second kappa shape index (κ2) is 4.29. The molecule has 1 aromatic heterocycles. The Morgan fingerprint density at radius 2 is 2.21 bits per heavy atom. The van der Waals surface area contributed by atoms with Crippen LogP contribution in [0.2, 0.25) is 0 Å². The van der Waals surface area contributed by atoms with E-state index in [9.17, 15) is 0 Å². The van der Waals surface area contributed by atoms with Crippen LogP contribution in [0.3, 0.4) is 0 Å². The Morgan fingerprint density at radius 1 is 1.29 bits per heavy atom. The van der Waals surface area contributed by atoms with Crippen LogP contribution in [0.15, 0.2) is 41.1 Å². The van der Waals surface area contributed by atoms with Gasteiger partial charge in [0.15, 0.2) is 0 Å². The van der Waals surface area contributed by atoms with Crippen LogP contribution in [0.25, 0.3) is 0 Å². The van der Waals surface area contributed by atoms with Gasteiger partial charge in [-0.05, 0) is 23.9 Å². The molecule has 1 heterocycles. The van der Waals surface area contributed by atoms with Crippen molar-refractivity contribution >= 4 is 17.0 Å². The molecule has 0 bridgehead atoms. The minimum atomic E-state index is 0.901. The van der Waals surface area contributed by atoms with Gasteiger partial charge in [-0.25, -0.2) is 0 Å². The summed E-state index contributed by atoms with van der Waals surface area (Å²) in [6, 6.07) is 10.7. The van der Waals surface area contributed by atoms with Crippen molar-refractivity contribution in [1.29, 1.82) is 0 Å². The van der Waals surface area contributed by atoms with Crippen molar-refractivity contribution in [3.05, 3.63) is 52.2 Å². The summed E-state index contributed by atoms with van der Waals surface area (Å²) in [5.74, 6) is 0. The lowest BCUT2D eigenvalue weighted by atomic mass is 10.1. The van der Waals surface area contributed by atoms with E-state index in [0.717, 1.165) is 6.54 Å². The van der Waals surface area contributed by atoms with Gasteiger partial charge < -0.3 is 5.32 Å². The number of hydrogen-bond acceptors (Lipinski definition) is 2. The lowest BCUT2D eigenvalue weighted by Crippen LogP contribution is -1.97. The van der Waals surface area contributed by atoms with E-state index in [1.807, 2.05) is 0 Å². The summed E-state index contributed by atoms with van der Waals surface area (Å²) in [6.07, 6.45) is 0. The molecule has 0 radical (unpaired) electrons. The largest absolute Gasteiger partial charge is 0.380 e. The van der Waals surface area contributed by atoms with Crippen LogP contribution in [-0.4, -0.2) is 0 Å². The lowest BCUT2D eigenvalue weighted by Gasteiger charge is -2.04. The van der Waals surface area contributed by atoms with Gasteiger partial charge in [0.05, 0.1) is 0 Å². The summed E-state index contributed by atoms with van der Waals surface area (Å²) in [4.78, 5) is 0. The molecular formula is C12H13NS. The molecule has 0 saturated carbocycles. The van der Waals surface area contributed by atoms with E-state index < -0.39 is 0 Å². The highest BCUT2D eigenvalue weighted by Gasteiger charge is 1.94. The van der Waals surface area contributed by atoms with Crippen LogP contribution in [-0.2, 0) is 6.54 Å². The van der Waals surface area contributed by atoms with Gasteiger partial charge in [0.2, 0.25) is 0 Å². The molecule has 2 rings (SSSR count). The summed E-state index contributed by atoms with van der Waals surface area (Å²) in [5, 5.41) is 7.58. The first kappa shape index (κ1) is 9.28. The Morgan fingerprint density at radius 3 is 2.93 bits per heavy atom. The topological polar surface area (TPSA) is 12.0 Å². The van der Waals surface area contributed by atoms with Crippen LogP contribution in [0.1, 0.15) is 11.1 Å². The van der Waals surface area contributed by atoms with Gasteiger partial charge in [-0.2, -0.15) is 11.3 Å². The molecule has 0 aliphatic carbocycles. The maximum absolute atomic E-state index is 3.38. The number of rotatable bonds is 3. The summed E-state index contributed by atoms with van der Waals surface area (Å²) in [5.41, 5.74) is 3.85. The van der Waals surface area contributed by atoms with Crippen molar-refractivity contribution < 1.29 is 0 Å². The first-order valence-electron chi connectivity index (χ1n) is 4.66. The van der Waals surface area contributed by atoms with E-state index in [4.69, 9.17) is 0 Å². The molecule has 1 nitrogen and oxygen atoms in total. The zero-order chi connectivity index (χ0) is 9.80. The normalized spacial score (nSPS) is 10.1. The number of thiophene rings is 1. The lowest BCUT2D eigenvalue weighted by molar-refractivity contribution is 1.14. The van der Waals surface area contributed by atoms with Gasteiger partial charge in [0, 0.05) is 17.6 Å². The number of nitrogens with one attached hydrogen (secondary N) is 1. The van der Waals surface area contributed by atoms with Crippen molar-refractivity contribution in [2.45, 2.75) is 13.5 Å². The fourth-order valence-electron chi connectivity index (χ4n) is 1.39. The molecule has 2 aromatic rings. The highest BCUT2D eigenvalue weighted by molar-refractivity contribution is 7.08. The predicted molar refractivity (Wildman–Crippen MR) is 62.8 cm³/mol. The van der Waals surface area contributed by atoms with E-state index in [1.54, 1.807) is 11.3 Å². The van der Waals surface area contributed by atoms with E-state index in [0.29, 0.717) is 0 Å². The third kappa shape index (κ3) is 2.36. The minimum Gasteiger partial charge on any atom is -0.380 e. The highest BCUT2D eigenvalue weighted by Crippen LogP contribution is 2.13. The Bertz CT molecular complexity index is 392. The number of anilines is 1. The third-order valence-corrected chi connectivity index (χ3v) is 2.78. The average molecular weight is 203 g/mol.